The van der Waals surface area contributed by atoms with Crippen molar-refractivity contribution in [1.29, 1.82) is 0 Å². The third-order valence-electron chi connectivity index (χ3n) is 3.86. The maximum atomic E-state index is 12.3. The fraction of sp³-hybridized carbons (Fsp3) is 0.333. The molecule has 0 aliphatic carbocycles. The third kappa shape index (κ3) is 3.64. The quantitative estimate of drug-likeness (QED) is 0.869. The molecule has 2 heterocycles. The number of pyridine rings is 1. The Morgan fingerprint density at radius 2 is 1.82 bits per heavy atom. The van der Waals surface area contributed by atoms with Crippen LogP contribution in [-0.2, 0) is 6.61 Å². The number of hydrogen-bond acceptors (Lipinski definition) is 3. The van der Waals surface area contributed by atoms with E-state index in [1.807, 2.05) is 35.2 Å². The Balaban J connectivity index is 1.59. The van der Waals surface area contributed by atoms with Gasteiger partial charge in [-0.15, -0.1) is 0 Å². The van der Waals surface area contributed by atoms with Crippen LogP contribution in [0.15, 0.2) is 48.7 Å². The number of piperidine rings is 1. The lowest BCUT2D eigenvalue weighted by molar-refractivity contribution is 0.0724. The van der Waals surface area contributed by atoms with Crippen molar-refractivity contribution < 1.29 is 9.53 Å². The molecule has 3 rings (SSSR count). The van der Waals surface area contributed by atoms with Gasteiger partial charge in [0.1, 0.15) is 6.61 Å². The summed E-state index contributed by atoms with van der Waals surface area (Å²) in [7, 11) is 0. The van der Waals surface area contributed by atoms with Gasteiger partial charge >= 0.3 is 0 Å². The number of hydrogen-bond donors (Lipinski definition) is 0. The van der Waals surface area contributed by atoms with E-state index in [1.54, 1.807) is 18.3 Å². The minimum absolute atomic E-state index is 0.0711. The molecule has 1 aliphatic rings. The number of aromatic nitrogens is 1. The average Bonchev–Trinajstić information content (AvgIpc) is 2.61. The van der Waals surface area contributed by atoms with Crippen LogP contribution in [0.25, 0.3) is 0 Å². The van der Waals surface area contributed by atoms with Gasteiger partial charge in [-0.3, -0.25) is 4.79 Å². The monoisotopic (exact) mass is 296 g/mol. The van der Waals surface area contributed by atoms with Crippen molar-refractivity contribution in [2.45, 2.75) is 25.9 Å². The predicted molar refractivity (Wildman–Crippen MR) is 84.8 cm³/mol. The van der Waals surface area contributed by atoms with Crippen LogP contribution in [0.3, 0.4) is 0 Å². The highest BCUT2D eigenvalue weighted by atomic mass is 16.5. The van der Waals surface area contributed by atoms with Crippen LogP contribution in [0.4, 0.5) is 0 Å². The lowest BCUT2D eigenvalue weighted by Gasteiger charge is -2.26. The molecule has 0 unspecified atom stereocenters. The van der Waals surface area contributed by atoms with Gasteiger partial charge in [0.25, 0.3) is 5.91 Å². The number of amides is 1. The average molecular weight is 296 g/mol. The molecule has 0 bridgehead atoms. The second kappa shape index (κ2) is 7.07. The number of likely N-dealkylation sites (tertiary alicyclic amines) is 1. The smallest absolute Gasteiger partial charge is 0.255 e. The number of carbonyl (C=O) groups is 1. The van der Waals surface area contributed by atoms with Crippen LogP contribution in [0, 0.1) is 0 Å². The topological polar surface area (TPSA) is 42.4 Å². The second-order valence-electron chi connectivity index (χ2n) is 5.51. The van der Waals surface area contributed by atoms with Gasteiger partial charge in [-0.1, -0.05) is 30.3 Å². The number of ether oxygens (including phenoxy) is 1. The van der Waals surface area contributed by atoms with E-state index >= 15 is 0 Å². The highest BCUT2D eigenvalue weighted by Crippen LogP contribution is 2.15. The van der Waals surface area contributed by atoms with Crippen molar-refractivity contribution in [2.75, 3.05) is 13.1 Å². The van der Waals surface area contributed by atoms with Crippen LogP contribution < -0.4 is 4.74 Å². The van der Waals surface area contributed by atoms with Crippen molar-refractivity contribution >= 4 is 5.91 Å². The number of benzene rings is 1. The molecule has 1 aliphatic heterocycles. The first-order valence-corrected chi connectivity index (χ1v) is 7.75. The molecule has 0 N–H and O–H groups in total. The Bertz CT molecular complexity index is 605. The minimum Gasteiger partial charge on any atom is -0.473 e. The van der Waals surface area contributed by atoms with Crippen molar-refractivity contribution in [3.63, 3.8) is 0 Å². The summed E-state index contributed by atoms with van der Waals surface area (Å²) in [5.41, 5.74) is 1.73. The third-order valence-corrected chi connectivity index (χ3v) is 3.86. The minimum atomic E-state index is 0.0711. The zero-order valence-electron chi connectivity index (χ0n) is 12.6. The van der Waals surface area contributed by atoms with E-state index in [0.29, 0.717) is 18.1 Å². The van der Waals surface area contributed by atoms with Crippen molar-refractivity contribution in [1.82, 2.24) is 9.88 Å². The predicted octanol–water partition coefficient (Wildman–Crippen LogP) is 3.29. The molecule has 0 atom stereocenters. The van der Waals surface area contributed by atoms with Gasteiger partial charge in [0.2, 0.25) is 5.88 Å². The molecule has 1 saturated heterocycles. The summed E-state index contributed by atoms with van der Waals surface area (Å²) in [4.78, 5) is 18.5. The summed E-state index contributed by atoms with van der Waals surface area (Å²) in [6, 6.07) is 13.5. The van der Waals surface area contributed by atoms with E-state index in [0.717, 1.165) is 31.5 Å². The maximum Gasteiger partial charge on any atom is 0.255 e. The summed E-state index contributed by atoms with van der Waals surface area (Å²) in [5, 5.41) is 0. The molecule has 0 spiro atoms. The fourth-order valence-corrected chi connectivity index (χ4v) is 2.60. The first kappa shape index (κ1) is 14.6. The Morgan fingerprint density at radius 3 is 2.50 bits per heavy atom. The summed E-state index contributed by atoms with van der Waals surface area (Å²) >= 11 is 0. The van der Waals surface area contributed by atoms with Crippen LogP contribution in [0.2, 0.25) is 0 Å². The van der Waals surface area contributed by atoms with Gasteiger partial charge in [0, 0.05) is 25.4 Å². The molecule has 1 amide bonds. The van der Waals surface area contributed by atoms with Gasteiger partial charge in [0.15, 0.2) is 0 Å². The number of nitrogens with zero attached hydrogens (tertiary/aromatic N) is 2. The fourth-order valence-electron chi connectivity index (χ4n) is 2.60. The first-order chi connectivity index (χ1) is 10.8. The highest BCUT2D eigenvalue weighted by molar-refractivity contribution is 5.94. The van der Waals surface area contributed by atoms with Crippen LogP contribution >= 0.6 is 0 Å². The summed E-state index contributed by atoms with van der Waals surface area (Å²) in [6.07, 6.45) is 5.01. The van der Waals surface area contributed by atoms with Gasteiger partial charge in [0.05, 0.1) is 5.56 Å². The van der Waals surface area contributed by atoms with E-state index in [9.17, 15) is 4.79 Å². The van der Waals surface area contributed by atoms with Crippen LogP contribution in [0.1, 0.15) is 35.2 Å². The molecule has 114 valence electrons. The zero-order valence-corrected chi connectivity index (χ0v) is 12.6. The van der Waals surface area contributed by atoms with E-state index in [2.05, 4.69) is 4.98 Å². The van der Waals surface area contributed by atoms with Gasteiger partial charge in [-0.2, -0.15) is 0 Å². The first-order valence-electron chi connectivity index (χ1n) is 7.75. The van der Waals surface area contributed by atoms with Gasteiger partial charge in [-0.05, 0) is 30.9 Å². The number of carbonyl (C=O) groups excluding carboxylic acids is 1. The van der Waals surface area contributed by atoms with E-state index < -0.39 is 0 Å². The number of rotatable bonds is 4. The molecule has 4 heteroatoms. The van der Waals surface area contributed by atoms with E-state index in [-0.39, 0.29) is 5.91 Å². The lowest BCUT2D eigenvalue weighted by atomic mass is 10.1. The molecule has 4 nitrogen and oxygen atoms in total. The van der Waals surface area contributed by atoms with E-state index in [1.165, 1.54) is 6.42 Å². The molecular formula is C18H20N2O2. The van der Waals surface area contributed by atoms with Gasteiger partial charge < -0.3 is 9.64 Å². The summed E-state index contributed by atoms with van der Waals surface area (Å²) in [6.45, 7) is 2.18. The van der Waals surface area contributed by atoms with Gasteiger partial charge in [-0.25, -0.2) is 4.98 Å². The molecule has 1 fully saturated rings. The lowest BCUT2D eigenvalue weighted by Crippen LogP contribution is -2.35. The van der Waals surface area contributed by atoms with Crippen molar-refractivity contribution in [3.05, 3.63) is 59.8 Å². The normalized spacial score (nSPS) is 14.6. The molecule has 0 radical (unpaired) electrons. The molecular weight excluding hydrogens is 276 g/mol. The summed E-state index contributed by atoms with van der Waals surface area (Å²) < 4.78 is 5.64. The van der Waals surface area contributed by atoms with Crippen LogP contribution in [-0.4, -0.2) is 28.9 Å². The van der Waals surface area contributed by atoms with Crippen LogP contribution in [0.5, 0.6) is 5.88 Å². The molecule has 22 heavy (non-hydrogen) atoms. The molecule has 1 aromatic carbocycles. The maximum absolute atomic E-state index is 12.3. The molecule has 0 saturated carbocycles. The summed E-state index contributed by atoms with van der Waals surface area (Å²) in [5.74, 6) is 0.612. The van der Waals surface area contributed by atoms with E-state index in [4.69, 9.17) is 4.74 Å². The Kier molecular flexibility index (Phi) is 4.68. The highest BCUT2D eigenvalue weighted by Gasteiger charge is 2.18. The largest absolute Gasteiger partial charge is 0.473 e. The van der Waals surface area contributed by atoms with Crippen molar-refractivity contribution in [3.8, 4) is 5.88 Å². The molecule has 2 aromatic rings. The Labute approximate surface area is 130 Å². The second-order valence-corrected chi connectivity index (χ2v) is 5.51. The SMILES string of the molecule is O=C(c1ccc(OCc2ccccc2)nc1)N1CCCCC1. The standard InChI is InChI=1S/C18H20N2O2/c21-18(20-11-5-2-6-12-20)16-9-10-17(19-13-16)22-14-15-7-3-1-4-8-15/h1,3-4,7-10,13H,2,5-6,11-12,14H2. The molecule has 1 aromatic heterocycles. The Hall–Kier alpha value is -2.36. The van der Waals surface area contributed by atoms with Crippen molar-refractivity contribution in [2.24, 2.45) is 0 Å². The Morgan fingerprint density at radius 1 is 1.05 bits per heavy atom. The zero-order chi connectivity index (χ0) is 15.2.